The molecule has 0 bridgehead atoms. The van der Waals surface area contributed by atoms with Crippen LogP contribution in [0.2, 0.25) is 0 Å². The fourth-order valence-electron chi connectivity index (χ4n) is 3.12. The molecule has 130 valence electrons. The number of para-hydroxylation sites is 1. The van der Waals surface area contributed by atoms with E-state index in [4.69, 9.17) is 0 Å². The minimum atomic E-state index is -0.164. The van der Waals surface area contributed by atoms with Gasteiger partial charge in [-0.2, -0.15) is 0 Å². The van der Waals surface area contributed by atoms with E-state index in [-0.39, 0.29) is 31.5 Å². The first-order chi connectivity index (χ1) is 12.2. The van der Waals surface area contributed by atoms with Gasteiger partial charge in [0.1, 0.15) is 6.54 Å². The van der Waals surface area contributed by atoms with Crippen molar-refractivity contribution in [3.63, 3.8) is 0 Å². The molecular formula is C20H22N2O3. The van der Waals surface area contributed by atoms with E-state index in [2.05, 4.69) is 0 Å². The van der Waals surface area contributed by atoms with E-state index in [1.54, 1.807) is 9.80 Å². The van der Waals surface area contributed by atoms with Crippen molar-refractivity contribution in [2.75, 3.05) is 24.6 Å². The lowest BCUT2D eigenvalue weighted by Gasteiger charge is -2.31. The SMILES string of the molecule is O=C(CN1C(=O)CCc2ccccc21)N(CCO)Cc1ccccc1. The molecule has 2 aromatic carbocycles. The predicted octanol–water partition coefficient (Wildman–Crippen LogP) is 1.99. The van der Waals surface area contributed by atoms with Crippen LogP contribution in [-0.4, -0.2) is 41.5 Å². The molecule has 2 aromatic rings. The molecule has 0 fully saturated rings. The summed E-state index contributed by atoms with van der Waals surface area (Å²) >= 11 is 0. The van der Waals surface area contributed by atoms with Crippen molar-refractivity contribution in [3.8, 4) is 0 Å². The highest BCUT2D eigenvalue weighted by molar-refractivity contribution is 6.01. The highest BCUT2D eigenvalue weighted by Crippen LogP contribution is 2.27. The molecule has 5 heteroatoms. The van der Waals surface area contributed by atoms with E-state index >= 15 is 0 Å². The molecule has 0 aromatic heterocycles. The lowest BCUT2D eigenvalue weighted by molar-refractivity contribution is -0.132. The van der Waals surface area contributed by atoms with Crippen LogP contribution >= 0.6 is 0 Å². The Hall–Kier alpha value is -2.66. The summed E-state index contributed by atoms with van der Waals surface area (Å²) in [6.07, 6.45) is 1.13. The number of amides is 2. The third-order valence-corrected chi connectivity index (χ3v) is 4.42. The largest absolute Gasteiger partial charge is 0.395 e. The number of benzene rings is 2. The predicted molar refractivity (Wildman–Crippen MR) is 96.1 cm³/mol. The third kappa shape index (κ3) is 4.06. The van der Waals surface area contributed by atoms with Gasteiger partial charge in [-0.3, -0.25) is 9.59 Å². The minimum Gasteiger partial charge on any atom is -0.395 e. The number of aryl methyl sites for hydroxylation is 1. The van der Waals surface area contributed by atoms with Gasteiger partial charge < -0.3 is 14.9 Å². The first kappa shape index (κ1) is 17.2. The van der Waals surface area contributed by atoms with E-state index < -0.39 is 0 Å². The van der Waals surface area contributed by atoms with Gasteiger partial charge in [0.05, 0.1) is 6.61 Å². The molecule has 1 N–H and O–H groups in total. The smallest absolute Gasteiger partial charge is 0.243 e. The lowest BCUT2D eigenvalue weighted by Crippen LogP contribution is -2.45. The molecular weight excluding hydrogens is 316 g/mol. The fourth-order valence-corrected chi connectivity index (χ4v) is 3.12. The summed E-state index contributed by atoms with van der Waals surface area (Å²) in [5, 5.41) is 9.30. The molecule has 25 heavy (non-hydrogen) atoms. The van der Waals surface area contributed by atoms with E-state index in [0.717, 1.165) is 16.8 Å². The Morgan fingerprint density at radius 1 is 1.04 bits per heavy atom. The Morgan fingerprint density at radius 3 is 2.52 bits per heavy atom. The molecule has 0 unspecified atom stereocenters. The topological polar surface area (TPSA) is 60.9 Å². The zero-order valence-electron chi connectivity index (χ0n) is 14.1. The van der Waals surface area contributed by atoms with Crippen LogP contribution in [0.4, 0.5) is 5.69 Å². The van der Waals surface area contributed by atoms with Crippen LogP contribution in [0.15, 0.2) is 54.6 Å². The Bertz CT molecular complexity index is 746. The van der Waals surface area contributed by atoms with E-state index in [1.165, 1.54) is 0 Å². The van der Waals surface area contributed by atoms with Gasteiger partial charge >= 0.3 is 0 Å². The van der Waals surface area contributed by atoms with Gasteiger partial charge in [0, 0.05) is 25.2 Å². The molecule has 0 saturated heterocycles. The number of rotatable bonds is 6. The van der Waals surface area contributed by atoms with Crippen LogP contribution < -0.4 is 4.90 Å². The molecule has 0 aliphatic carbocycles. The Balaban J connectivity index is 1.76. The molecule has 0 saturated carbocycles. The second kappa shape index (κ2) is 7.94. The maximum absolute atomic E-state index is 12.8. The molecule has 0 radical (unpaired) electrons. The molecule has 5 nitrogen and oxygen atoms in total. The van der Waals surface area contributed by atoms with Crippen LogP contribution in [0.3, 0.4) is 0 Å². The molecule has 1 aliphatic rings. The standard InChI is InChI=1S/C20H22N2O3/c23-13-12-21(14-16-6-2-1-3-7-16)20(25)15-22-18-9-5-4-8-17(18)10-11-19(22)24/h1-9,23H,10-15H2. The van der Waals surface area contributed by atoms with Crippen LogP contribution in [-0.2, 0) is 22.6 Å². The number of fused-ring (bicyclic) bond motifs is 1. The zero-order valence-corrected chi connectivity index (χ0v) is 14.1. The first-order valence-electron chi connectivity index (χ1n) is 8.50. The summed E-state index contributed by atoms with van der Waals surface area (Å²) in [5.41, 5.74) is 2.90. The van der Waals surface area contributed by atoms with Crippen LogP contribution in [0.1, 0.15) is 17.5 Å². The highest BCUT2D eigenvalue weighted by atomic mass is 16.3. The van der Waals surface area contributed by atoms with E-state index in [9.17, 15) is 14.7 Å². The fraction of sp³-hybridized carbons (Fsp3) is 0.300. The van der Waals surface area contributed by atoms with Crippen molar-refractivity contribution in [3.05, 3.63) is 65.7 Å². The van der Waals surface area contributed by atoms with Gasteiger partial charge in [0.25, 0.3) is 0 Å². The number of aliphatic hydroxyl groups is 1. The number of anilines is 1. The Labute approximate surface area is 147 Å². The van der Waals surface area contributed by atoms with Crippen molar-refractivity contribution in [2.45, 2.75) is 19.4 Å². The van der Waals surface area contributed by atoms with Crippen LogP contribution in [0.25, 0.3) is 0 Å². The number of nitrogens with zero attached hydrogens (tertiary/aromatic N) is 2. The van der Waals surface area contributed by atoms with Crippen molar-refractivity contribution < 1.29 is 14.7 Å². The molecule has 1 aliphatic heterocycles. The highest BCUT2D eigenvalue weighted by Gasteiger charge is 2.27. The summed E-state index contributed by atoms with van der Waals surface area (Å²) in [7, 11) is 0. The van der Waals surface area contributed by atoms with Crippen molar-refractivity contribution in [1.82, 2.24) is 4.90 Å². The van der Waals surface area contributed by atoms with Crippen LogP contribution in [0.5, 0.6) is 0 Å². The number of carbonyl (C=O) groups excluding carboxylic acids is 2. The monoisotopic (exact) mass is 338 g/mol. The van der Waals surface area contributed by atoms with Gasteiger partial charge in [0.2, 0.25) is 11.8 Å². The van der Waals surface area contributed by atoms with Gasteiger partial charge in [-0.25, -0.2) is 0 Å². The van der Waals surface area contributed by atoms with Gasteiger partial charge in [0.15, 0.2) is 0 Å². The number of hydrogen-bond acceptors (Lipinski definition) is 3. The summed E-state index contributed by atoms with van der Waals surface area (Å²) < 4.78 is 0. The molecule has 0 atom stereocenters. The summed E-state index contributed by atoms with van der Waals surface area (Å²) in [4.78, 5) is 28.3. The summed E-state index contributed by atoms with van der Waals surface area (Å²) in [6.45, 7) is 0.563. The van der Waals surface area contributed by atoms with Crippen molar-refractivity contribution in [2.24, 2.45) is 0 Å². The van der Waals surface area contributed by atoms with Crippen molar-refractivity contribution >= 4 is 17.5 Å². The second-order valence-electron chi connectivity index (χ2n) is 6.13. The molecule has 2 amide bonds. The van der Waals surface area contributed by atoms with E-state index in [0.29, 0.717) is 19.4 Å². The van der Waals surface area contributed by atoms with Gasteiger partial charge in [-0.05, 0) is 23.6 Å². The first-order valence-corrected chi connectivity index (χ1v) is 8.50. The van der Waals surface area contributed by atoms with Gasteiger partial charge in [-0.15, -0.1) is 0 Å². The lowest BCUT2D eigenvalue weighted by atomic mass is 10.0. The zero-order chi connectivity index (χ0) is 17.6. The molecule has 0 spiro atoms. The van der Waals surface area contributed by atoms with Crippen molar-refractivity contribution in [1.29, 1.82) is 0 Å². The number of hydrogen-bond donors (Lipinski definition) is 1. The average Bonchev–Trinajstić information content (AvgIpc) is 2.64. The van der Waals surface area contributed by atoms with E-state index in [1.807, 2.05) is 54.6 Å². The average molecular weight is 338 g/mol. The third-order valence-electron chi connectivity index (χ3n) is 4.42. The molecule has 1 heterocycles. The minimum absolute atomic E-state index is 0.00266. The number of aliphatic hydroxyl groups excluding tert-OH is 1. The number of carbonyl (C=O) groups is 2. The maximum atomic E-state index is 12.8. The summed E-state index contributed by atoms with van der Waals surface area (Å²) in [6, 6.07) is 17.3. The summed E-state index contributed by atoms with van der Waals surface area (Å²) in [5.74, 6) is -0.196. The maximum Gasteiger partial charge on any atom is 0.243 e. The quantitative estimate of drug-likeness (QED) is 0.876. The Morgan fingerprint density at radius 2 is 1.76 bits per heavy atom. The van der Waals surface area contributed by atoms with Gasteiger partial charge in [-0.1, -0.05) is 48.5 Å². The molecule has 3 rings (SSSR count). The van der Waals surface area contributed by atoms with Crippen LogP contribution in [0, 0.1) is 0 Å². The Kier molecular flexibility index (Phi) is 5.46. The normalized spacial score (nSPS) is 13.5. The second-order valence-corrected chi connectivity index (χ2v) is 6.13.